The molecule has 63 heavy (non-hydrogen) atoms. The van der Waals surface area contributed by atoms with Crippen molar-refractivity contribution in [3.8, 4) is 67.9 Å². The van der Waals surface area contributed by atoms with E-state index < -0.39 is 0 Å². The van der Waals surface area contributed by atoms with Crippen LogP contribution in [0.2, 0.25) is 0 Å². The summed E-state index contributed by atoms with van der Waals surface area (Å²) in [7, 11) is 10.0. The first kappa shape index (κ1) is 44.3. The number of benzene rings is 7. The zero-order valence-corrected chi connectivity index (χ0v) is 37.0. The Morgan fingerprint density at radius 3 is 0.651 bits per heavy atom. The third-order valence-electron chi connectivity index (χ3n) is 11.0. The lowest BCUT2D eigenvalue weighted by Crippen LogP contribution is -2.12. The molecule has 0 aliphatic heterocycles. The van der Waals surface area contributed by atoms with Gasteiger partial charge < -0.3 is 44.4 Å². The van der Waals surface area contributed by atoms with Crippen molar-refractivity contribution in [2.24, 2.45) is 0 Å². The van der Waals surface area contributed by atoms with Gasteiger partial charge in [0.2, 0.25) is 0 Å². The Labute approximate surface area is 371 Å². The fourth-order valence-electron chi connectivity index (χ4n) is 7.53. The first-order chi connectivity index (χ1) is 30.8. The second-order valence-electron chi connectivity index (χ2n) is 15.4. The Balaban J connectivity index is 1.07. The normalized spacial score (nSPS) is 11.0. The molecule has 9 heteroatoms. The predicted octanol–water partition coefficient (Wildman–Crippen LogP) is 10.6. The van der Waals surface area contributed by atoms with Crippen molar-refractivity contribution < 1.29 is 28.4 Å². The lowest BCUT2D eigenvalue weighted by molar-refractivity contribution is 0.393. The molecule has 0 amide bonds. The second kappa shape index (κ2) is 21.8. The van der Waals surface area contributed by atoms with Crippen molar-refractivity contribution in [2.45, 2.75) is 39.3 Å². The zero-order valence-electron chi connectivity index (χ0n) is 37.0. The summed E-state index contributed by atoms with van der Waals surface area (Å²) in [6.07, 6.45) is 0. The number of rotatable bonds is 21. The van der Waals surface area contributed by atoms with Crippen LogP contribution in [-0.2, 0) is 39.3 Å². The van der Waals surface area contributed by atoms with Gasteiger partial charge in [-0.3, -0.25) is 0 Å². The van der Waals surface area contributed by atoms with Crippen molar-refractivity contribution in [3.05, 3.63) is 179 Å². The molecule has 7 aromatic rings. The smallest absolute Gasteiger partial charge is 0.122 e. The maximum Gasteiger partial charge on any atom is 0.122 e. The first-order valence-corrected chi connectivity index (χ1v) is 21.1. The van der Waals surface area contributed by atoms with Gasteiger partial charge in [0, 0.05) is 57.5 Å². The molecule has 9 nitrogen and oxygen atoms in total. The van der Waals surface area contributed by atoms with Crippen LogP contribution in [0.4, 0.5) is 0 Å². The summed E-state index contributed by atoms with van der Waals surface area (Å²) < 4.78 is 32.7. The molecule has 0 bridgehead atoms. The Morgan fingerprint density at radius 2 is 0.444 bits per heavy atom. The number of nitrogens with one attached hydrogen (secondary N) is 3. The summed E-state index contributed by atoms with van der Waals surface area (Å²) >= 11 is 0. The molecular weight excluding hydrogens is 787 g/mol. The Morgan fingerprint density at radius 1 is 0.238 bits per heavy atom. The summed E-state index contributed by atoms with van der Waals surface area (Å²) in [4.78, 5) is 0. The molecule has 0 unspecified atom stereocenters. The third kappa shape index (κ3) is 12.2. The molecule has 0 heterocycles. The Bertz CT molecular complexity index is 2200. The van der Waals surface area contributed by atoms with E-state index in [4.69, 9.17) is 28.4 Å². The fourth-order valence-corrected chi connectivity index (χ4v) is 7.53. The van der Waals surface area contributed by atoms with Gasteiger partial charge in [0.25, 0.3) is 0 Å². The van der Waals surface area contributed by atoms with E-state index >= 15 is 0 Å². The van der Waals surface area contributed by atoms with Crippen molar-refractivity contribution in [1.82, 2.24) is 16.0 Å². The minimum Gasteiger partial charge on any atom is -0.497 e. The van der Waals surface area contributed by atoms with Crippen LogP contribution >= 0.6 is 0 Å². The summed E-state index contributed by atoms with van der Waals surface area (Å²) in [5.74, 6) is 4.68. The molecule has 0 saturated heterocycles. The second-order valence-corrected chi connectivity index (χ2v) is 15.4. The van der Waals surface area contributed by atoms with Crippen LogP contribution in [0.1, 0.15) is 33.4 Å². The van der Waals surface area contributed by atoms with Crippen LogP contribution < -0.4 is 44.4 Å². The molecule has 0 atom stereocenters. The highest BCUT2D eigenvalue weighted by Crippen LogP contribution is 2.34. The standard InChI is InChI=1S/C54H57N3O6/c1-58-49-19-40(20-50(28-49)59-2)34-55-31-37-7-13-43(14-8-37)46-25-47(44-15-9-38(10-16-44)32-56-35-41-21-51(60-3)29-52(22-41)61-4)27-48(26-46)45-17-11-39(12-18-45)33-57-36-42-23-53(62-5)30-54(24-42)63-6/h7-30,55-57H,31-36H2,1-6H3. The van der Waals surface area contributed by atoms with Gasteiger partial charge in [0.15, 0.2) is 0 Å². The Hall–Kier alpha value is -6.78. The highest BCUT2D eigenvalue weighted by atomic mass is 16.5. The van der Waals surface area contributed by atoms with Gasteiger partial charge in [-0.15, -0.1) is 0 Å². The lowest BCUT2D eigenvalue weighted by atomic mass is 9.92. The molecule has 3 N–H and O–H groups in total. The zero-order chi connectivity index (χ0) is 44.0. The Kier molecular flexibility index (Phi) is 15.3. The maximum atomic E-state index is 5.46. The molecule has 0 aliphatic rings. The topological polar surface area (TPSA) is 91.5 Å². The summed E-state index contributed by atoms with van der Waals surface area (Å²) in [6.45, 7) is 4.27. The van der Waals surface area contributed by atoms with Crippen LogP contribution in [0.5, 0.6) is 34.5 Å². The number of methoxy groups -OCH3 is 6. The van der Waals surface area contributed by atoms with Gasteiger partial charge in [0.1, 0.15) is 34.5 Å². The third-order valence-corrected chi connectivity index (χ3v) is 11.0. The minimum atomic E-state index is 0.694. The largest absolute Gasteiger partial charge is 0.497 e. The molecule has 0 fully saturated rings. The van der Waals surface area contributed by atoms with Gasteiger partial charge >= 0.3 is 0 Å². The quantitative estimate of drug-likeness (QED) is 0.0654. The highest BCUT2D eigenvalue weighted by molar-refractivity contribution is 5.81. The van der Waals surface area contributed by atoms with Crippen LogP contribution in [-0.4, -0.2) is 42.7 Å². The van der Waals surface area contributed by atoms with E-state index in [9.17, 15) is 0 Å². The number of hydrogen-bond donors (Lipinski definition) is 3. The number of ether oxygens (including phenoxy) is 6. The van der Waals surface area contributed by atoms with E-state index in [1.165, 1.54) is 16.7 Å². The maximum absolute atomic E-state index is 5.46. The molecule has 7 aromatic carbocycles. The molecule has 324 valence electrons. The summed E-state index contributed by atoms with van der Waals surface area (Å²) in [5, 5.41) is 10.7. The SMILES string of the molecule is COc1cc(CNCc2ccc(-c3cc(-c4ccc(CNCc5cc(OC)cc(OC)c5)cc4)cc(-c4ccc(CNCc5cc(OC)cc(OC)c5)cc4)c3)cc2)cc(OC)c1. The monoisotopic (exact) mass is 843 g/mol. The fraction of sp³-hybridized carbons (Fsp3) is 0.222. The summed E-state index contributed by atoms with van der Waals surface area (Å²) in [5.41, 5.74) is 13.9. The van der Waals surface area contributed by atoms with Gasteiger partial charge in [-0.05, 0) is 121 Å². The van der Waals surface area contributed by atoms with Crippen LogP contribution in [0.3, 0.4) is 0 Å². The molecule has 7 rings (SSSR count). The van der Waals surface area contributed by atoms with Crippen molar-refractivity contribution in [3.63, 3.8) is 0 Å². The van der Waals surface area contributed by atoms with Crippen LogP contribution in [0, 0.1) is 0 Å². The molecule has 0 spiro atoms. The molecule has 0 saturated carbocycles. The van der Waals surface area contributed by atoms with Gasteiger partial charge in [-0.2, -0.15) is 0 Å². The number of hydrogen-bond acceptors (Lipinski definition) is 9. The van der Waals surface area contributed by atoms with E-state index in [-0.39, 0.29) is 0 Å². The van der Waals surface area contributed by atoms with Crippen molar-refractivity contribution in [1.29, 1.82) is 0 Å². The van der Waals surface area contributed by atoms with E-state index in [1.807, 2.05) is 54.6 Å². The highest BCUT2D eigenvalue weighted by Gasteiger charge is 2.11. The average molecular weight is 844 g/mol. The molecule has 0 aromatic heterocycles. The van der Waals surface area contributed by atoms with E-state index in [0.717, 1.165) is 104 Å². The first-order valence-electron chi connectivity index (χ1n) is 21.1. The van der Waals surface area contributed by atoms with Gasteiger partial charge in [-0.1, -0.05) is 72.8 Å². The minimum absolute atomic E-state index is 0.694. The van der Waals surface area contributed by atoms with Crippen LogP contribution in [0.25, 0.3) is 33.4 Å². The van der Waals surface area contributed by atoms with Gasteiger partial charge in [0.05, 0.1) is 42.7 Å². The summed E-state index contributed by atoms with van der Waals surface area (Å²) in [6, 6.07) is 51.2. The van der Waals surface area contributed by atoms with Crippen LogP contribution in [0.15, 0.2) is 146 Å². The van der Waals surface area contributed by atoms with E-state index in [2.05, 4.69) is 107 Å². The molecule has 0 aliphatic carbocycles. The van der Waals surface area contributed by atoms with E-state index in [1.54, 1.807) is 42.7 Å². The molecule has 0 radical (unpaired) electrons. The predicted molar refractivity (Wildman–Crippen MR) is 253 cm³/mol. The lowest BCUT2D eigenvalue weighted by Gasteiger charge is -2.14. The van der Waals surface area contributed by atoms with Crippen molar-refractivity contribution in [2.75, 3.05) is 42.7 Å². The van der Waals surface area contributed by atoms with Crippen molar-refractivity contribution >= 4 is 0 Å². The average Bonchev–Trinajstić information content (AvgIpc) is 3.34. The molecular formula is C54H57N3O6. The van der Waals surface area contributed by atoms with Gasteiger partial charge in [-0.25, -0.2) is 0 Å². The van der Waals surface area contributed by atoms with E-state index in [0.29, 0.717) is 19.6 Å².